The molecule has 33 heavy (non-hydrogen) atoms. The van der Waals surface area contributed by atoms with Gasteiger partial charge in [-0.3, -0.25) is 4.79 Å². The van der Waals surface area contributed by atoms with Crippen molar-refractivity contribution in [2.45, 2.75) is 49.9 Å². The summed E-state index contributed by atoms with van der Waals surface area (Å²) in [6.45, 7) is 0.398. The highest BCUT2D eigenvalue weighted by Crippen LogP contribution is 2.35. The van der Waals surface area contributed by atoms with Crippen molar-refractivity contribution in [2.24, 2.45) is 0 Å². The molecule has 2 fully saturated rings. The Kier molecular flexibility index (Phi) is 7.44. The summed E-state index contributed by atoms with van der Waals surface area (Å²) in [5.74, 6) is -0.528. The average Bonchev–Trinajstić information content (AvgIpc) is 3.30. The Balaban J connectivity index is 1.18. The lowest BCUT2D eigenvalue weighted by Gasteiger charge is -2.20. The summed E-state index contributed by atoms with van der Waals surface area (Å²) >= 11 is 5.90. The first-order valence-corrected chi connectivity index (χ1v) is 11.1. The number of fused-ring (bicyclic) bond motifs is 1. The molecule has 0 radical (unpaired) electrons. The van der Waals surface area contributed by atoms with Crippen molar-refractivity contribution in [1.82, 2.24) is 10.6 Å². The molecule has 3 amide bonds. The van der Waals surface area contributed by atoms with Crippen LogP contribution in [0, 0.1) is 5.82 Å². The van der Waals surface area contributed by atoms with E-state index in [4.69, 9.17) is 21.1 Å². The maximum Gasteiger partial charge on any atom is 0.319 e. The van der Waals surface area contributed by atoms with E-state index >= 15 is 0 Å². The molecule has 2 aromatic carbocycles. The van der Waals surface area contributed by atoms with Gasteiger partial charge in [0.25, 0.3) is 0 Å². The number of halogens is 2. The van der Waals surface area contributed by atoms with Crippen LogP contribution in [0.2, 0.25) is 5.02 Å². The fourth-order valence-electron chi connectivity index (χ4n) is 4.03. The van der Waals surface area contributed by atoms with Crippen LogP contribution in [-0.4, -0.2) is 54.1 Å². The number of urea groups is 1. The van der Waals surface area contributed by atoms with Gasteiger partial charge in [0, 0.05) is 30.2 Å². The lowest BCUT2D eigenvalue weighted by Crippen LogP contribution is -2.42. The second kappa shape index (κ2) is 10.5. The molecule has 2 heterocycles. The molecule has 0 aromatic heterocycles. The third-order valence-electron chi connectivity index (χ3n) is 5.64. The molecule has 0 bridgehead atoms. The number of rotatable bonds is 7. The maximum atomic E-state index is 13.0. The molecule has 0 spiro atoms. The van der Waals surface area contributed by atoms with Crippen molar-refractivity contribution >= 4 is 29.2 Å². The number of anilines is 1. The maximum absolute atomic E-state index is 13.0. The molecular weight excluding hydrogens is 453 g/mol. The largest absolute Gasteiger partial charge is 0.388 e. The van der Waals surface area contributed by atoms with Gasteiger partial charge in [0.15, 0.2) is 0 Å². The Morgan fingerprint density at radius 3 is 2.64 bits per heavy atom. The lowest BCUT2D eigenvalue weighted by molar-refractivity contribution is -0.124. The molecule has 176 valence electrons. The topological polar surface area (TPSA) is 109 Å². The van der Waals surface area contributed by atoms with Crippen molar-refractivity contribution in [1.29, 1.82) is 0 Å². The van der Waals surface area contributed by atoms with E-state index in [1.54, 1.807) is 36.4 Å². The van der Waals surface area contributed by atoms with Gasteiger partial charge in [-0.1, -0.05) is 29.8 Å². The molecule has 2 aliphatic heterocycles. The van der Waals surface area contributed by atoms with Crippen LogP contribution in [0.3, 0.4) is 0 Å². The predicted octanol–water partition coefficient (Wildman–Crippen LogP) is 2.59. The van der Waals surface area contributed by atoms with Crippen molar-refractivity contribution < 1.29 is 28.6 Å². The highest BCUT2D eigenvalue weighted by molar-refractivity contribution is 6.30. The van der Waals surface area contributed by atoms with Crippen LogP contribution in [0.1, 0.15) is 18.4 Å². The number of aliphatic hydroxyl groups is 1. The Morgan fingerprint density at radius 2 is 1.91 bits per heavy atom. The molecular formula is C23H25ClFN3O5. The summed E-state index contributed by atoms with van der Waals surface area (Å²) in [6, 6.07) is 12.2. The third kappa shape index (κ3) is 6.20. The predicted molar refractivity (Wildman–Crippen MR) is 119 cm³/mol. The first-order chi connectivity index (χ1) is 15.9. The van der Waals surface area contributed by atoms with E-state index in [2.05, 4.69) is 16.0 Å². The van der Waals surface area contributed by atoms with E-state index in [1.807, 2.05) is 0 Å². The molecule has 8 nitrogen and oxygen atoms in total. The van der Waals surface area contributed by atoms with E-state index in [9.17, 15) is 19.1 Å². The Labute approximate surface area is 195 Å². The third-order valence-corrected chi connectivity index (χ3v) is 5.88. The second-order valence-electron chi connectivity index (χ2n) is 8.11. The molecule has 5 atom stereocenters. The van der Waals surface area contributed by atoms with Gasteiger partial charge in [0.1, 0.15) is 24.1 Å². The lowest BCUT2D eigenvalue weighted by atomic mass is 10.1. The van der Waals surface area contributed by atoms with Crippen LogP contribution in [0.5, 0.6) is 0 Å². The highest BCUT2D eigenvalue weighted by Gasteiger charge is 2.50. The minimum atomic E-state index is -0.922. The zero-order valence-electron chi connectivity index (χ0n) is 17.7. The van der Waals surface area contributed by atoms with E-state index in [0.717, 1.165) is 5.56 Å². The Bertz CT molecular complexity index is 992. The number of hydrogen-bond donors (Lipinski definition) is 4. The zero-order valence-corrected chi connectivity index (χ0v) is 18.4. The highest BCUT2D eigenvalue weighted by atomic mass is 35.5. The fourth-order valence-corrected chi connectivity index (χ4v) is 4.22. The number of carbonyl (C=O) groups excluding carboxylic acids is 2. The number of amides is 3. The van der Waals surface area contributed by atoms with E-state index in [-0.39, 0.29) is 36.9 Å². The molecule has 0 saturated carbocycles. The SMILES string of the molecule is O=C(C[C@@H]1C[C@H]2O[C@H](CNC(=O)Nc3cccc(Cl)c3)[C@@H](O)[C@H]2O1)NCc1ccc(F)cc1. The van der Waals surface area contributed by atoms with Gasteiger partial charge in [-0.25, -0.2) is 9.18 Å². The second-order valence-corrected chi connectivity index (χ2v) is 8.55. The minimum Gasteiger partial charge on any atom is -0.388 e. The smallest absolute Gasteiger partial charge is 0.319 e. The van der Waals surface area contributed by atoms with Crippen molar-refractivity contribution in [2.75, 3.05) is 11.9 Å². The van der Waals surface area contributed by atoms with Crippen LogP contribution in [-0.2, 0) is 20.8 Å². The Morgan fingerprint density at radius 1 is 1.12 bits per heavy atom. The van der Waals surface area contributed by atoms with Gasteiger partial charge < -0.3 is 30.5 Å². The number of nitrogens with one attached hydrogen (secondary N) is 3. The summed E-state index contributed by atoms with van der Waals surface area (Å²) in [7, 11) is 0. The number of carbonyl (C=O) groups is 2. The van der Waals surface area contributed by atoms with E-state index in [0.29, 0.717) is 23.7 Å². The normalized spacial score (nSPS) is 26.0. The molecule has 0 unspecified atom stereocenters. The number of ether oxygens (including phenoxy) is 2. The standard InChI is InChI=1S/C23H25ClFN3O5/c24-14-2-1-3-16(8-14)28-23(31)27-12-19-21(30)22-18(33-19)9-17(32-22)10-20(29)26-11-13-4-6-15(25)7-5-13/h1-8,17-19,21-22,30H,9-12H2,(H,26,29)(H2,27,28,31)/t17-,18+,19+,21+,22-/m0/s1. The minimum absolute atomic E-state index is 0.104. The van der Waals surface area contributed by atoms with Crippen molar-refractivity contribution in [3.05, 3.63) is 64.9 Å². The van der Waals surface area contributed by atoms with Crippen LogP contribution >= 0.6 is 11.6 Å². The molecule has 2 aromatic rings. The number of aliphatic hydroxyl groups excluding tert-OH is 1. The van der Waals surface area contributed by atoms with Gasteiger partial charge in [0.05, 0.1) is 18.6 Å². The van der Waals surface area contributed by atoms with E-state index < -0.39 is 24.3 Å². The first-order valence-electron chi connectivity index (χ1n) is 10.7. The number of hydrogen-bond acceptors (Lipinski definition) is 5. The van der Waals surface area contributed by atoms with Crippen molar-refractivity contribution in [3.63, 3.8) is 0 Å². The van der Waals surface area contributed by atoms with Gasteiger partial charge in [-0.15, -0.1) is 0 Å². The molecule has 10 heteroatoms. The molecule has 2 aliphatic rings. The van der Waals surface area contributed by atoms with Gasteiger partial charge in [0.2, 0.25) is 5.91 Å². The van der Waals surface area contributed by atoms with Gasteiger partial charge >= 0.3 is 6.03 Å². The summed E-state index contributed by atoms with van der Waals surface area (Å²) in [5.41, 5.74) is 1.34. The van der Waals surface area contributed by atoms with Crippen LogP contribution < -0.4 is 16.0 Å². The monoisotopic (exact) mass is 477 g/mol. The summed E-state index contributed by atoms with van der Waals surface area (Å²) in [6.07, 6.45) is -2.21. The van der Waals surface area contributed by atoms with Crippen molar-refractivity contribution in [3.8, 4) is 0 Å². The molecule has 0 aliphatic carbocycles. The summed E-state index contributed by atoms with van der Waals surface area (Å²) < 4.78 is 24.7. The van der Waals surface area contributed by atoms with Gasteiger partial charge in [-0.2, -0.15) is 0 Å². The van der Waals surface area contributed by atoms with Crippen LogP contribution in [0.4, 0.5) is 14.9 Å². The molecule has 4 rings (SSSR count). The van der Waals surface area contributed by atoms with Gasteiger partial charge in [-0.05, 0) is 35.9 Å². The molecule has 2 saturated heterocycles. The zero-order chi connectivity index (χ0) is 23.4. The quantitative estimate of drug-likeness (QED) is 0.490. The summed E-state index contributed by atoms with van der Waals surface area (Å²) in [5, 5.41) is 19.2. The molecule has 4 N–H and O–H groups in total. The van der Waals surface area contributed by atoms with E-state index in [1.165, 1.54) is 12.1 Å². The average molecular weight is 478 g/mol. The van der Waals surface area contributed by atoms with Crippen LogP contribution in [0.15, 0.2) is 48.5 Å². The fraction of sp³-hybridized carbons (Fsp3) is 0.391. The summed E-state index contributed by atoms with van der Waals surface area (Å²) in [4.78, 5) is 24.3. The Hall–Kier alpha value is -2.72. The first kappa shape index (κ1) is 23.4. The number of benzene rings is 2. The van der Waals surface area contributed by atoms with Crippen LogP contribution in [0.25, 0.3) is 0 Å².